The van der Waals surface area contributed by atoms with Gasteiger partial charge in [0.2, 0.25) is 0 Å². The molecule has 0 saturated carbocycles. The molecule has 0 aromatic heterocycles. The number of carbonyl (C=O) groups is 1. The number of methoxy groups -OCH3 is 2. The highest BCUT2D eigenvalue weighted by atomic mass is 79.9. The molecule has 0 aliphatic rings. The molecule has 0 radical (unpaired) electrons. The lowest BCUT2D eigenvalue weighted by atomic mass is 10.1. The quantitative estimate of drug-likeness (QED) is 0.812. The van der Waals surface area contributed by atoms with Crippen LogP contribution in [0, 0.1) is 0 Å². The van der Waals surface area contributed by atoms with Gasteiger partial charge in [0.25, 0.3) is 0 Å². The number of ether oxygens (including phenoxy) is 2. The van der Waals surface area contributed by atoms with E-state index in [0.29, 0.717) is 17.2 Å². The van der Waals surface area contributed by atoms with Crippen LogP contribution in [0.1, 0.15) is 18.5 Å². The van der Waals surface area contributed by atoms with E-state index in [9.17, 15) is 4.79 Å². The summed E-state index contributed by atoms with van der Waals surface area (Å²) in [5.74, 6) is 1.40. The van der Waals surface area contributed by atoms with Gasteiger partial charge in [0, 0.05) is 10.0 Å². The number of urea groups is 1. The lowest BCUT2D eigenvalue weighted by Crippen LogP contribution is -2.31. The Morgan fingerprint density at radius 3 is 2.52 bits per heavy atom. The van der Waals surface area contributed by atoms with Gasteiger partial charge in [0.1, 0.15) is 11.5 Å². The zero-order chi connectivity index (χ0) is 16.8. The Balaban J connectivity index is 2.10. The van der Waals surface area contributed by atoms with Gasteiger partial charge in [-0.15, -0.1) is 0 Å². The van der Waals surface area contributed by atoms with Gasteiger partial charge in [0.15, 0.2) is 0 Å². The SMILES string of the molecule is COc1ccc(OC)c([C@@H](C)NC(=O)Nc2ccccc2Br)c1. The molecule has 0 aliphatic heterocycles. The molecule has 0 saturated heterocycles. The molecule has 0 spiro atoms. The molecule has 0 bridgehead atoms. The maximum absolute atomic E-state index is 12.2. The maximum Gasteiger partial charge on any atom is 0.319 e. The summed E-state index contributed by atoms with van der Waals surface area (Å²) in [7, 11) is 3.20. The third kappa shape index (κ3) is 4.39. The lowest BCUT2D eigenvalue weighted by Gasteiger charge is -2.19. The van der Waals surface area contributed by atoms with Gasteiger partial charge in [0.05, 0.1) is 25.9 Å². The first-order chi connectivity index (χ1) is 11.0. The summed E-state index contributed by atoms with van der Waals surface area (Å²) >= 11 is 3.40. The van der Waals surface area contributed by atoms with Crippen LogP contribution in [0.5, 0.6) is 11.5 Å². The highest BCUT2D eigenvalue weighted by Gasteiger charge is 2.15. The molecule has 122 valence electrons. The van der Waals surface area contributed by atoms with Crippen molar-refractivity contribution in [3.63, 3.8) is 0 Å². The molecule has 6 heteroatoms. The van der Waals surface area contributed by atoms with E-state index in [1.165, 1.54) is 0 Å². The molecule has 2 aromatic rings. The van der Waals surface area contributed by atoms with Gasteiger partial charge < -0.3 is 20.1 Å². The molecular weight excluding hydrogens is 360 g/mol. The van der Waals surface area contributed by atoms with Crippen molar-refractivity contribution >= 4 is 27.6 Å². The standard InChI is InChI=1S/C17H19BrN2O3/c1-11(13-10-12(22-2)8-9-16(13)23-3)19-17(21)20-15-7-5-4-6-14(15)18/h4-11H,1-3H3,(H2,19,20,21)/t11-/m1/s1. The summed E-state index contributed by atoms with van der Waals surface area (Å²) in [6, 6.07) is 12.4. The average Bonchev–Trinajstić information content (AvgIpc) is 2.56. The van der Waals surface area contributed by atoms with Crippen molar-refractivity contribution in [2.45, 2.75) is 13.0 Å². The van der Waals surface area contributed by atoms with Crippen LogP contribution in [0.15, 0.2) is 46.9 Å². The minimum atomic E-state index is -0.297. The first-order valence-corrected chi connectivity index (χ1v) is 7.88. The van der Waals surface area contributed by atoms with E-state index in [1.54, 1.807) is 14.2 Å². The second-order valence-electron chi connectivity index (χ2n) is 4.91. The number of hydrogen-bond donors (Lipinski definition) is 2. The first-order valence-electron chi connectivity index (χ1n) is 7.09. The molecule has 2 aromatic carbocycles. The fraction of sp³-hybridized carbons (Fsp3) is 0.235. The number of hydrogen-bond acceptors (Lipinski definition) is 3. The third-order valence-electron chi connectivity index (χ3n) is 3.37. The molecule has 2 N–H and O–H groups in total. The summed E-state index contributed by atoms with van der Waals surface area (Å²) in [6.45, 7) is 1.89. The molecule has 0 heterocycles. The molecule has 2 amide bonds. The number of amides is 2. The number of anilines is 1. The molecular formula is C17H19BrN2O3. The van der Waals surface area contributed by atoms with Gasteiger partial charge in [-0.2, -0.15) is 0 Å². The number of benzene rings is 2. The van der Waals surface area contributed by atoms with Crippen LogP contribution in [0.2, 0.25) is 0 Å². The van der Waals surface area contributed by atoms with E-state index in [1.807, 2.05) is 49.4 Å². The van der Waals surface area contributed by atoms with Crippen LogP contribution in [-0.2, 0) is 0 Å². The van der Waals surface area contributed by atoms with Crippen LogP contribution in [0.25, 0.3) is 0 Å². The van der Waals surface area contributed by atoms with E-state index in [2.05, 4.69) is 26.6 Å². The van der Waals surface area contributed by atoms with E-state index in [-0.39, 0.29) is 12.1 Å². The van der Waals surface area contributed by atoms with Crippen molar-refractivity contribution in [2.75, 3.05) is 19.5 Å². The first kappa shape index (κ1) is 17.1. The summed E-state index contributed by atoms with van der Waals surface area (Å²) in [6.07, 6.45) is 0. The third-order valence-corrected chi connectivity index (χ3v) is 4.06. The number of halogens is 1. The Hall–Kier alpha value is -2.21. The fourth-order valence-corrected chi connectivity index (χ4v) is 2.56. The van der Waals surface area contributed by atoms with E-state index in [0.717, 1.165) is 10.0 Å². The van der Waals surface area contributed by atoms with Crippen LogP contribution in [0.3, 0.4) is 0 Å². The molecule has 0 fully saturated rings. The second kappa shape index (κ2) is 7.87. The predicted molar refractivity (Wildman–Crippen MR) is 94.3 cm³/mol. The molecule has 0 unspecified atom stereocenters. The van der Waals surface area contributed by atoms with Crippen LogP contribution >= 0.6 is 15.9 Å². The molecule has 0 aliphatic carbocycles. The van der Waals surface area contributed by atoms with E-state index < -0.39 is 0 Å². The Morgan fingerprint density at radius 2 is 1.87 bits per heavy atom. The summed E-state index contributed by atoms with van der Waals surface area (Å²) in [5, 5.41) is 5.70. The van der Waals surface area contributed by atoms with Gasteiger partial charge in [-0.3, -0.25) is 0 Å². The van der Waals surface area contributed by atoms with E-state index >= 15 is 0 Å². The predicted octanol–water partition coefficient (Wildman–Crippen LogP) is 4.35. The Labute approximate surface area is 144 Å². The molecule has 23 heavy (non-hydrogen) atoms. The largest absolute Gasteiger partial charge is 0.497 e. The highest BCUT2D eigenvalue weighted by molar-refractivity contribution is 9.10. The highest BCUT2D eigenvalue weighted by Crippen LogP contribution is 2.29. The number of nitrogens with one attached hydrogen (secondary N) is 2. The van der Waals surface area contributed by atoms with Crippen LogP contribution < -0.4 is 20.1 Å². The number of para-hydroxylation sites is 1. The van der Waals surface area contributed by atoms with Crippen molar-refractivity contribution in [2.24, 2.45) is 0 Å². The monoisotopic (exact) mass is 378 g/mol. The fourth-order valence-electron chi connectivity index (χ4n) is 2.17. The van der Waals surface area contributed by atoms with Crippen molar-refractivity contribution < 1.29 is 14.3 Å². The van der Waals surface area contributed by atoms with Crippen molar-refractivity contribution in [3.8, 4) is 11.5 Å². The summed E-state index contributed by atoms with van der Waals surface area (Å²) in [5.41, 5.74) is 1.55. The van der Waals surface area contributed by atoms with Crippen LogP contribution in [-0.4, -0.2) is 20.3 Å². The number of carbonyl (C=O) groups excluding carboxylic acids is 1. The maximum atomic E-state index is 12.2. The summed E-state index contributed by atoms with van der Waals surface area (Å²) < 4.78 is 11.4. The zero-order valence-electron chi connectivity index (χ0n) is 13.2. The Bertz CT molecular complexity index is 691. The zero-order valence-corrected chi connectivity index (χ0v) is 14.8. The van der Waals surface area contributed by atoms with Gasteiger partial charge in [-0.1, -0.05) is 12.1 Å². The Kier molecular flexibility index (Phi) is 5.87. The van der Waals surface area contributed by atoms with Gasteiger partial charge >= 0.3 is 6.03 Å². The van der Waals surface area contributed by atoms with Crippen molar-refractivity contribution in [1.82, 2.24) is 5.32 Å². The van der Waals surface area contributed by atoms with Gasteiger partial charge in [-0.05, 0) is 53.2 Å². The molecule has 1 atom stereocenters. The van der Waals surface area contributed by atoms with E-state index in [4.69, 9.17) is 9.47 Å². The summed E-state index contributed by atoms with van der Waals surface area (Å²) in [4.78, 5) is 12.2. The van der Waals surface area contributed by atoms with Gasteiger partial charge in [-0.25, -0.2) is 4.79 Å². The average molecular weight is 379 g/mol. The normalized spacial score (nSPS) is 11.5. The lowest BCUT2D eigenvalue weighted by molar-refractivity contribution is 0.249. The minimum Gasteiger partial charge on any atom is -0.497 e. The number of rotatable bonds is 5. The minimum absolute atomic E-state index is 0.248. The van der Waals surface area contributed by atoms with Crippen molar-refractivity contribution in [3.05, 3.63) is 52.5 Å². The topological polar surface area (TPSA) is 59.6 Å². The smallest absolute Gasteiger partial charge is 0.319 e. The molecule has 2 rings (SSSR count). The molecule has 5 nitrogen and oxygen atoms in total. The second-order valence-corrected chi connectivity index (χ2v) is 5.76. The Morgan fingerprint density at radius 1 is 1.13 bits per heavy atom. The van der Waals surface area contributed by atoms with Crippen molar-refractivity contribution in [1.29, 1.82) is 0 Å². The van der Waals surface area contributed by atoms with Crippen LogP contribution in [0.4, 0.5) is 10.5 Å².